The smallest absolute Gasteiger partial charge is 0.308 e. The summed E-state index contributed by atoms with van der Waals surface area (Å²) in [7, 11) is 0. The van der Waals surface area contributed by atoms with Crippen LogP contribution in [0.1, 0.15) is 6.92 Å². The van der Waals surface area contributed by atoms with E-state index in [-0.39, 0.29) is 5.97 Å². The largest absolute Gasteiger partial charge is 0.427 e. The van der Waals surface area contributed by atoms with Crippen LogP contribution in [0.2, 0.25) is 0 Å². The third-order valence-electron chi connectivity index (χ3n) is 3.18. The van der Waals surface area contributed by atoms with E-state index in [1.807, 2.05) is 36.4 Å². The molecule has 1 heterocycles. The van der Waals surface area contributed by atoms with Gasteiger partial charge in [-0.25, -0.2) is 0 Å². The maximum absolute atomic E-state index is 10.9. The van der Waals surface area contributed by atoms with Gasteiger partial charge in [0, 0.05) is 18.0 Å². The first kappa shape index (κ1) is 13.5. The van der Waals surface area contributed by atoms with Crippen molar-refractivity contribution in [2.24, 2.45) is 0 Å². The molecular weight excluding hydrogens is 282 g/mol. The fourth-order valence-electron chi connectivity index (χ4n) is 2.23. The summed E-state index contributed by atoms with van der Waals surface area (Å²) in [4.78, 5) is 14.2. The molecule has 1 aromatic heterocycles. The fraction of sp³-hybridized carbons (Fsp3) is 0.0588. The van der Waals surface area contributed by atoms with Crippen molar-refractivity contribution < 1.29 is 9.53 Å². The van der Waals surface area contributed by atoms with Crippen LogP contribution in [0.25, 0.3) is 22.0 Å². The zero-order valence-electron chi connectivity index (χ0n) is 11.4. The van der Waals surface area contributed by atoms with Crippen LogP contribution >= 0.6 is 12.2 Å². The number of fused-ring (bicyclic) bond motifs is 1. The second kappa shape index (κ2) is 5.50. The number of ether oxygens (including phenoxy) is 1. The maximum Gasteiger partial charge on any atom is 0.308 e. The molecule has 104 valence electrons. The Hall–Kier alpha value is -2.46. The molecule has 2 aromatic carbocycles. The van der Waals surface area contributed by atoms with Gasteiger partial charge in [0.1, 0.15) is 10.4 Å². The number of benzene rings is 2. The highest BCUT2D eigenvalue weighted by Crippen LogP contribution is 2.26. The molecule has 0 aliphatic carbocycles. The van der Waals surface area contributed by atoms with Crippen molar-refractivity contribution in [1.29, 1.82) is 0 Å². The molecule has 0 saturated heterocycles. The van der Waals surface area contributed by atoms with Gasteiger partial charge in [-0.05, 0) is 35.2 Å². The Labute approximate surface area is 127 Å². The second-order valence-electron chi connectivity index (χ2n) is 4.72. The van der Waals surface area contributed by atoms with Crippen molar-refractivity contribution in [2.75, 3.05) is 0 Å². The highest BCUT2D eigenvalue weighted by molar-refractivity contribution is 7.71. The number of carbonyl (C=O) groups is 1. The van der Waals surface area contributed by atoms with E-state index in [4.69, 9.17) is 17.0 Å². The minimum Gasteiger partial charge on any atom is -0.427 e. The van der Waals surface area contributed by atoms with Gasteiger partial charge in [0.25, 0.3) is 0 Å². The topological polar surface area (TPSA) is 42.1 Å². The molecule has 3 nitrogen and oxygen atoms in total. The lowest BCUT2D eigenvalue weighted by molar-refractivity contribution is -0.131. The first-order valence-corrected chi connectivity index (χ1v) is 6.95. The van der Waals surface area contributed by atoms with Gasteiger partial charge in [0.15, 0.2) is 0 Å². The van der Waals surface area contributed by atoms with Crippen LogP contribution in [0, 0.1) is 4.64 Å². The second-order valence-corrected chi connectivity index (χ2v) is 5.13. The molecule has 0 radical (unpaired) electrons. The summed E-state index contributed by atoms with van der Waals surface area (Å²) in [5.74, 6) is 0.202. The highest BCUT2D eigenvalue weighted by Gasteiger charge is 2.04. The van der Waals surface area contributed by atoms with Gasteiger partial charge in [-0.2, -0.15) is 0 Å². The number of hydrogen-bond donors (Lipinski definition) is 1. The molecule has 0 bridgehead atoms. The van der Waals surface area contributed by atoms with Gasteiger partial charge in [0.05, 0.1) is 0 Å². The van der Waals surface area contributed by atoms with Gasteiger partial charge in [-0.3, -0.25) is 4.79 Å². The Morgan fingerprint density at radius 3 is 2.52 bits per heavy atom. The van der Waals surface area contributed by atoms with Crippen LogP contribution in [0.3, 0.4) is 0 Å². The predicted molar refractivity (Wildman–Crippen MR) is 85.9 cm³/mol. The lowest BCUT2D eigenvalue weighted by Crippen LogP contribution is -2.00. The van der Waals surface area contributed by atoms with E-state index < -0.39 is 0 Å². The summed E-state index contributed by atoms with van der Waals surface area (Å²) in [6.07, 6.45) is 0. The minimum atomic E-state index is -0.328. The zero-order valence-corrected chi connectivity index (χ0v) is 12.2. The first-order chi connectivity index (χ1) is 10.1. The predicted octanol–water partition coefficient (Wildman–Crippen LogP) is 4.49. The number of esters is 1. The van der Waals surface area contributed by atoms with Gasteiger partial charge in [-0.15, -0.1) is 0 Å². The quantitative estimate of drug-likeness (QED) is 0.430. The number of carbonyl (C=O) groups excluding carboxylic acids is 1. The van der Waals surface area contributed by atoms with Crippen molar-refractivity contribution in [3.05, 3.63) is 59.2 Å². The Bertz CT molecular complexity index is 866. The first-order valence-electron chi connectivity index (χ1n) is 6.54. The highest BCUT2D eigenvalue weighted by atomic mass is 32.1. The monoisotopic (exact) mass is 295 g/mol. The summed E-state index contributed by atoms with van der Waals surface area (Å²) in [5.41, 5.74) is 2.96. The molecule has 0 fully saturated rings. The molecule has 0 unspecified atom stereocenters. The lowest BCUT2D eigenvalue weighted by Gasteiger charge is -2.06. The molecule has 0 saturated carbocycles. The van der Waals surface area contributed by atoms with Crippen LogP contribution in [0.4, 0.5) is 0 Å². The van der Waals surface area contributed by atoms with Crippen LogP contribution in [-0.4, -0.2) is 11.0 Å². The Kier molecular flexibility index (Phi) is 3.54. The van der Waals surface area contributed by atoms with Crippen molar-refractivity contribution in [3.8, 4) is 16.9 Å². The average molecular weight is 295 g/mol. The van der Waals surface area contributed by atoms with E-state index in [1.54, 1.807) is 12.1 Å². The van der Waals surface area contributed by atoms with E-state index in [0.29, 0.717) is 10.4 Å². The Morgan fingerprint density at radius 1 is 1.10 bits per heavy atom. The van der Waals surface area contributed by atoms with E-state index >= 15 is 0 Å². The Morgan fingerprint density at radius 2 is 1.81 bits per heavy atom. The van der Waals surface area contributed by atoms with Crippen molar-refractivity contribution >= 4 is 29.1 Å². The molecule has 3 rings (SSSR count). The van der Waals surface area contributed by atoms with Gasteiger partial charge in [-0.1, -0.05) is 42.5 Å². The lowest BCUT2D eigenvalue weighted by atomic mass is 10.1. The number of aromatic amines is 1. The van der Waals surface area contributed by atoms with Crippen LogP contribution in [0.5, 0.6) is 5.75 Å². The normalized spacial score (nSPS) is 10.5. The summed E-state index contributed by atoms with van der Waals surface area (Å²) >= 11 is 5.42. The van der Waals surface area contributed by atoms with E-state index in [1.165, 1.54) is 6.92 Å². The van der Waals surface area contributed by atoms with Crippen LogP contribution < -0.4 is 4.74 Å². The number of hydrogen-bond acceptors (Lipinski definition) is 3. The van der Waals surface area contributed by atoms with Crippen molar-refractivity contribution in [3.63, 3.8) is 0 Å². The molecule has 0 spiro atoms. The number of H-pyrrole nitrogens is 1. The number of nitrogens with one attached hydrogen (secondary N) is 1. The average Bonchev–Trinajstić information content (AvgIpc) is 2.47. The van der Waals surface area contributed by atoms with Crippen molar-refractivity contribution in [1.82, 2.24) is 4.98 Å². The van der Waals surface area contributed by atoms with E-state index in [2.05, 4.69) is 11.1 Å². The maximum atomic E-state index is 10.9. The summed E-state index contributed by atoms with van der Waals surface area (Å²) in [6.45, 7) is 1.38. The number of pyridine rings is 1. The summed E-state index contributed by atoms with van der Waals surface area (Å²) < 4.78 is 5.72. The van der Waals surface area contributed by atoms with Crippen LogP contribution in [0.15, 0.2) is 54.6 Å². The standard InChI is InChI=1S/C17H13NO2S/c1-11(19)20-14-8-6-12(7-9-14)15-10-13-4-2-3-5-16(13)18-17(15)21/h2-10H,1H3,(H,18,21). The van der Waals surface area contributed by atoms with Gasteiger partial charge >= 0.3 is 5.97 Å². The van der Waals surface area contributed by atoms with E-state index in [0.717, 1.165) is 22.0 Å². The molecule has 0 amide bonds. The van der Waals surface area contributed by atoms with Gasteiger partial charge < -0.3 is 9.72 Å². The molecule has 1 N–H and O–H groups in total. The molecule has 0 aliphatic heterocycles. The molecule has 21 heavy (non-hydrogen) atoms. The third kappa shape index (κ3) is 2.85. The summed E-state index contributed by atoms with van der Waals surface area (Å²) in [5, 5.41) is 1.10. The summed E-state index contributed by atoms with van der Waals surface area (Å²) in [6, 6.07) is 17.4. The number of aromatic nitrogens is 1. The SMILES string of the molecule is CC(=O)Oc1ccc(-c2cc3ccccc3[nH]c2=S)cc1. The molecule has 4 heteroatoms. The molecular formula is C17H13NO2S. The number of rotatable bonds is 2. The minimum absolute atomic E-state index is 0.328. The van der Waals surface area contributed by atoms with Gasteiger partial charge in [0.2, 0.25) is 0 Å². The Balaban J connectivity index is 2.05. The molecule has 3 aromatic rings. The van der Waals surface area contributed by atoms with Crippen molar-refractivity contribution in [2.45, 2.75) is 6.92 Å². The third-order valence-corrected chi connectivity index (χ3v) is 3.50. The van der Waals surface area contributed by atoms with Crippen LogP contribution in [-0.2, 0) is 4.79 Å². The van der Waals surface area contributed by atoms with E-state index in [9.17, 15) is 4.79 Å². The molecule has 0 atom stereocenters. The molecule has 0 aliphatic rings. The fourth-order valence-corrected chi connectivity index (χ4v) is 2.52. The number of para-hydroxylation sites is 1. The zero-order chi connectivity index (χ0) is 14.8.